The van der Waals surface area contributed by atoms with Crippen LogP contribution in [0, 0.1) is 0 Å². The van der Waals surface area contributed by atoms with E-state index in [1.807, 2.05) is 26.0 Å². The minimum absolute atomic E-state index is 0.0177. The Labute approximate surface area is 135 Å². The lowest BCUT2D eigenvalue weighted by Crippen LogP contribution is -2.13. The molecule has 3 rings (SSSR count). The number of sulfonamides is 1. The molecule has 0 saturated heterocycles. The van der Waals surface area contributed by atoms with Crippen molar-refractivity contribution < 1.29 is 8.42 Å². The van der Waals surface area contributed by atoms with Crippen LogP contribution in [0.5, 0.6) is 0 Å². The zero-order valence-electron chi connectivity index (χ0n) is 13.0. The SMILES string of the molecule is CCC(C)n1cnc(S(=O)(=O)Nc2ccc3ncccc3c2)c1. The van der Waals surface area contributed by atoms with E-state index in [0.717, 1.165) is 17.3 Å². The molecular formula is C16H18N4O2S. The van der Waals surface area contributed by atoms with Crippen molar-refractivity contribution in [2.24, 2.45) is 0 Å². The van der Waals surface area contributed by atoms with Crippen LogP contribution in [0.1, 0.15) is 26.3 Å². The topological polar surface area (TPSA) is 76.9 Å². The van der Waals surface area contributed by atoms with Crippen molar-refractivity contribution in [1.29, 1.82) is 0 Å². The number of benzene rings is 1. The largest absolute Gasteiger partial charge is 0.333 e. The minimum atomic E-state index is -3.71. The molecule has 2 heterocycles. The smallest absolute Gasteiger partial charge is 0.280 e. The summed E-state index contributed by atoms with van der Waals surface area (Å²) in [5.41, 5.74) is 1.31. The van der Waals surface area contributed by atoms with Gasteiger partial charge in [-0.2, -0.15) is 8.42 Å². The highest BCUT2D eigenvalue weighted by Gasteiger charge is 2.18. The van der Waals surface area contributed by atoms with E-state index in [2.05, 4.69) is 14.7 Å². The third-order valence-electron chi connectivity index (χ3n) is 3.81. The molecule has 0 aliphatic rings. The molecule has 6 nitrogen and oxygen atoms in total. The molecule has 1 unspecified atom stereocenters. The summed E-state index contributed by atoms with van der Waals surface area (Å²) in [4.78, 5) is 8.23. The van der Waals surface area contributed by atoms with E-state index in [-0.39, 0.29) is 11.1 Å². The highest BCUT2D eigenvalue weighted by atomic mass is 32.2. The number of aromatic nitrogens is 3. The highest BCUT2D eigenvalue weighted by Crippen LogP contribution is 2.20. The van der Waals surface area contributed by atoms with Crippen LogP contribution in [0.25, 0.3) is 10.9 Å². The van der Waals surface area contributed by atoms with Gasteiger partial charge < -0.3 is 4.57 Å². The van der Waals surface area contributed by atoms with Crippen LogP contribution >= 0.6 is 0 Å². The zero-order chi connectivity index (χ0) is 16.4. The third kappa shape index (κ3) is 3.19. The lowest BCUT2D eigenvalue weighted by molar-refractivity contribution is 0.529. The molecule has 0 radical (unpaired) electrons. The Bertz CT molecular complexity index is 934. The van der Waals surface area contributed by atoms with E-state index in [9.17, 15) is 8.42 Å². The summed E-state index contributed by atoms with van der Waals surface area (Å²) in [5, 5.41) is 0.891. The zero-order valence-corrected chi connectivity index (χ0v) is 13.8. The number of rotatable bonds is 5. The first-order chi connectivity index (χ1) is 11.0. The van der Waals surface area contributed by atoms with Gasteiger partial charge in [0.25, 0.3) is 10.0 Å². The molecule has 0 aliphatic carbocycles. The molecule has 3 aromatic rings. The van der Waals surface area contributed by atoms with Crippen molar-refractivity contribution in [2.45, 2.75) is 31.3 Å². The first-order valence-corrected chi connectivity index (χ1v) is 8.89. The Hall–Kier alpha value is -2.41. The van der Waals surface area contributed by atoms with Gasteiger partial charge in [-0.1, -0.05) is 13.0 Å². The second-order valence-electron chi connectivity index (χ2n) is 5.43. The van der Waals surface area contributed by atoms with E-state index in [1.165, 1.54) is 0 Å². The average molecular weight is 330 g/mol. The van der Waals surface area contributed by atoms with Crippen LogP contribution in [0.15, 0.2) is 54.1 Å². The molecule has 0 bridgehead atoms. The van der Waals surface area contributed by atoms with Crippen molar-refractivity contribution >= 4 is 26.6 Å². The van der Waals surface area contributed by atoms with Gasteiger partial charge in [-0.3, -0.25) is 9.71 Å². The quantitative estimate of drug-likeness (QED) is 0.779. The molecule has 0 amide bonds. The Morgan fingerprint density at radius 2 is 2.09 bits per heavy atom. The fourth-order valence-corrected chi connectivity index (χ4v) is 3.24. The van der Waals surface area contributed by atoms with Gasteiger partial charge in [0, 0.05) is 29.5 Å². The van der Waals surface area contributed by atoms with Gasteiger partial charge in [-0.05, 0) is 37.6 Å². The average Bonchev–Trinajstić information content (AvgIpc) is 3.04. The maximum atomic E-state index is 12.5. The first kappa shape index (κ1) is 15.5. The number of imidazole rings is 1. The summed E-state index contributed by atoms with van der Waals surface area (Å²) >= 11 is 0. The van der Waals surface area contributed by atoms with Gasteiger partial charge in [0.2, 0.25) is 0 Å². The molecule has 0 saturated carbocycles. The number of hydrogen-bond acceptors (Lipinski definition) is 4. The van der Waals surface area contributed by atoms with Crippen LogP contribution in [0.2, 0.25) is 0 Å². The molecule has 1 atom stereocenters. The molecule has 1 N–H and O–H groups in total. The summed E-state index contributed by atoms with van der Waals surface area (Å²) in [6.45, 7) is 4.06. The predicted octanol–water partition coefficient (Wildman–Crippen LogP) is 3.20. The highest BCUT2D eigenvalue weighted by molar-refractivity contribution is 7.92. The van der Waals surface area contributed by atoms with E-state index in [0.29, 0.717) is 5.69 Å². The van der Waals surface area contributed by atoms with Gasteiger partial charge in [0.15, 0.2) is 5.03 Å². The molecule has 7 heteroatoms. The molecule has 1 aromatic carbocycles. The number of hydrogen-bond donors (Lipinski definition) is 1. The van der Waals surface area contributed by atoms with E-state index in [4.69, 9.17) is 0 Å². The summed E-state index contributed by atoms with van der Waals surface area (Å²) in [5.74, 6) is 0. The number of anilines is 1. The number of pyridine rings is 1. The summed E-state index contributed by atoms with van der Waals surface area (Å²) in [7, 11) is -3.71. The maximum Gasteiger partial charge on any atom is 0.280 e. The molecule has 2 aromatic heterocycles. The number of nitrogens with zero attached hydrogens (tertiary/aromatic N) is 3. The van der Waals surface area contributed by atoms with Gasteiger partial charge in [0.1, 0.15) is 0 Å². The van der Waals surface area contributed by atoms with Gasteiger partial charge in [-0.15, -0.1) is 0 Å². The number of nitrogens with one attached hydrogen (secondary N) is 1. The maximum absolute atomic E-state index is 12.5. The summed E-state index contributed by atoms with van der Waals surface area (Å²) in [6, 6.07) is 9.14. The van der Waals surface area contributed by atoms with Crippen molar-refractivity contribution in [3.05, 3.63) is 49.1 Å². The molecule has 0 spiro atoms. The predicted molar refractivity (Wildman–Crippen MR) is 89.8 cm³/mol. The van der Waals surface area contributed by atoms with Crippen molar-refractivity contribution in [3.8, 4) is 0 Å². The molecular weight excluding hydrogens is 312 g/mol. The minimum Gasteiger partial charge on any atom is -0.333 e. The molecule has 23 heavy (non-hydrogen) atoms. The normalized spacial score (nSPS) is 13.1. The van der Waals surface area contributed by atoms with Gasteiger partial charge in [-0.25, -0.2) is 4.98 Å². The van der Waals surface area contributed by atoms with E-state index in [1.54, 1.807) is 41.5 Å². The monoisotopic (exact) mass is 330 g/mol. The fraction of sp³-hybridized carbons (Fsp3) is 0.250. The third-order valence-corrected chi connectivity index (χ3v) is 5.07. The Kier molecular flexibility index (Phi) is 4.04. The van der Waals surface area contributed by atoms with Crippen LogP contribution in [0.4, 0.5) is 5.69 Å². The van der Waals surface area contributed by atoms with Crippen molar-refractivity contribution in [3.63, 3.8) is 0 Å². The second-order valence-corrected chi connectivity index (χ2v) is 7.06. The first-order valence-electron chi connectivity index (χ1n) is 7.40. The Balaban J connectivity index is 1.88. The van der Waals surface area contributed by atoms with E-state index < -0.39 is 10.0 Å². The summed E-state index contributed by atoms with van der Waals surface area (Å²) in [6.07, 6.45) is 5.71. The van der Waals surface area contributed by atoms with Crippen LogP contribution in [0.3, 0.4) is 0 Å². The molecule has 0 fully saturated rings. The molecule has 120 valence electrons. The van der Waals surface area contributed by atoms with Crippen LogP contribution in [-0.2, 0) is 10.0 Å². The van der Waals surface area contributed by atoms with Crippen molar-refractivity contribution in [2.75, 3.05) is 4.72 Å². The van der Waals surface area contributed by atoms with Crippen LogP contribution in [-0.4, -0.2) is 23.0 Å². The van der Waals surface area contributed by atoms with E-state index >= 15 is 0 Å². The Morgan fingerprint density at radius 3 is 2.87 bits per heavy atom. The van der Waals surface area contributed by atoms with Crippen LogP contribution < -0.4 is 4.72 Å². The second kappa shape index (κ2) is 6.00. The summed E-state index contributed by atoms with van der Waals surface area (Å²) < 4.78 is 29.3. The van der Waals surface area contributed by atoms with Gasteiger partial charge in [0.05, 0.1) is 11.8 Å². The van der Waals surface area contributed by atoms with Gasteiger partial charge >= 0.3 is 0 Å². The Morgan fingerprint density at radius 1 is 1.26 bits per heavy atom. The molecule has 0 aliphatic heterocycles. The standard InChI is InChI=1S/C16H18N4O2S/c1-3-12(2)20-10-16(18-11-20)23(21,22)19-14-6-7-15-13(9-14)5-4-8-17-15/h4-12,19H,3H2,1-2H3. The lowest BCUT2D eigenvalue weighted by atomic mass is 10.2. The number of fused-ring (bicyclic) bond motifs is 1. The van der Waals surface area contributed by atoms with Crippen molar-refractivity contribution in [1.82, 2.24) is 14.5 Å². The lowest BCUT2D eigenvalue weighted by Gasteiger charge is -2.09. The fourth-order valence-electron chi connectivity index (χ4n) is 2.25.